The molecule has 0 fully saturated rings. The van der Waals surface area contributed by atoms with E-state index in [0.717, 1.165) is 12.8 Å². The molecule has 18 heavy (non-hydrogen) atoms. The zero-order chi connectivity index (χ0) is 13.4. The van der Waals surface area contributed by atoms with E-state index < -0.39 is 0 Å². The van der Waals surface area contributed by atoms with Crippen molar-refractivity contribution in [3.63, 3.8) is 0 Å². The summed E-state index contributed by atoms with van der Waals surface area (Å²) in [7, 11) is 0. The summed E-state index contributed by atoms with van der Waals surface area (Å²) >= 11 is 0. The van der Waals surface area contributed by atoms with Crippen molar-refractivity contribution in [1.29, 1.82) is 0 Å². The number of amides is 1. The van der Waals surface area contributed by atoms with Crippen LogP contribution in [-0.4, -0.2) is 16.9 Å². The number of hydrazine groups is 1. The molecule has 0 aliphatic rings. The van der Waals surface area contributed by atoms with Crippen LogP contribution in [-0.2, 0) is 0 Å². The number of pyridine rings is 1. The van der Waals surface area contributed by atoms with Gasteiger partial charge in [-0.1, -0.05) is 26.2 Å². The monoisotopic (exact) mass is 250 g/mol. The molecule has 1 unspecified atom stereocenters. The Bertz CT molecular complexity index is 381. The molecule has 0 radical (unpaired) electrons. The number of nitrogens with zero attached hydrogens (tertiary/aromatic N) is 1. The molecule has 4 N–H and O–H groups in total. The topological polar surface area (TPSA) is 80.0 Å². The highest BCUT2D eigenvalue weighted by atomic mass is 16.1. The van der Waals surface area contributed by atoms with Gasteiger partial charge in [-0.2, -0.15) is 0 Å². The van der Waals surface area contributed by atoms with E-state index in [1.165, 1.54) is 12.8 Å². The number of aromatic nitrogens is 1. The van der Waals surface area contributed by atoms with Crippen LogP contribution in [0.1, 0.15) is 49.9 Å². The Morgan fingerprint density at radius 3 is 2.94 bits per heavy atom. The Morgan fingerprint density at radius 1 is 1.50 bits per heavy atom. The van der Waals surface area contributed by atoms with Gasteiger partial charge in [-0.15, -0.1) is 0 Å². The van der Waals surface area contributed by atoms with E-state index in [9.17, 15) is 4.79 Å². The van der Waals surface area contributed by atoms with Gasteiger partial charge in [0.2, 0.25) is 0 Å². The average molecular weight is 250 g/mol. The molecular weight excluding hydrogens is 228 g/mol. The first kappa shape index (κ1) is 14.4. The van der Waals surface area contributed by atoms with E-state index in [0.29, 0.717) is 11.4 Å². The maximum absolute atomic E-state index is 12.0. The highest BCUT2D eigenvalue weighted by molar-refractivity contribution is 5.98. The molecule has 0 saturated carbocycles. The van der Waals surface area contributed by atoms with E-state index in [-0.39, 0.29) is 11.9 Å². The van der Waals surface area contributed by atoms with Gasteiger partial charge in [0.25, 0.3) is 5.91 Å². The first-order valence-electron chi connectivity index (χ1n) is 6.41. The molecule has 0 bridgehead atoms. The molecule has 1 atom stereocenters. The summed E-state index contributed by atoms with van der Waals surface area (Å²) < 4.78 is 0. The van der Waals surface area contributed by atoms with Crippen molar-refractivity contribution in [3.8, 4) is 0 Å². The van der Waals surface area contributed by atoms with Crippen molar-refractivity contribution in [3.05, 3.63) is 23.9 Å². The Morgan fingerprint density at radius 2 is 2.28 bits per heavy atom. The number of rotatable bonds is 7. The summed E-state index contributed by atoms with van der Waals surface area (Å²) in [5, 5.41) is 2.96. The van der Waals surface area contributed by atoms with Gasteiger partial charge < -0.3 is 10.7 Å². The summed E-state index contributed by atoms with van der Waals surface area (Å²) in [6.45, 7) is 4.18. The number of nitrogen functional groups attached to an aromatic ring is 1. The zero-order valence-electron chi connectivity index (χ0n) is 11.1. The van der Waals surface area contributed by atoms with E-state index in [1.807, 2.05) is 6.92 Å². The predicted octanol–water partition coefficient (Wildman–Crippen LogP) is 2.07. The molecule has 0 saturated heterocycles. The number of nitrogens with two attached hydrogens (primary N) is 1. The number of carbonyl (C=O) groups is 1. The van der Waals surface area contributed by atoms with Crippen LogP contribution in [0.3, 0.4) is 0 Å². The Labute approximate surface area is 108 Å². The number of unbranched alkanes of at least 4 members (excludes halogenated alkanes) is 2. The quantitative estimate of drug-likeness (QED) is 0.393. The molecule has 5 nitrogen and oxygen atoms in total. The molecule has 1 heterocycles. The number of carbonyl (C=O) groups excluding carboxylic acids is 1. The van der Waals surface area contributed by atoms with Crippen molar-refractivity contribution in [2.75, 3.05) is 5.43 Å². The van der Waals surface area contributed by atoms with Gasteiger partial charge in [-0.25, -0.2) is 10.8 Å². The summed E-state index contributed by atoms with van der Waals surface area (Å²) in [6.07, 6.45) is 6.10. The van der Waals surface area contributed by atoms with Crippen LogP contribution in [0.4, 0.5) is 5.82 Å². The zero-order valence-corrected chi connectivity index (χ0v) is 11.1. The Balaban J connectivity index is 2.54. The van der Waals surface area contributed by atoms with Gasteiger partial charge in [0.15, 0.2) is 5.82 Å². The molecule has 5 heteroatoms. The van der Waals surface area contributed by atoms with Gasteiger partial charge in [-0.3, -0.25) is 4.79 Å². The predicted molar refractivity (Wildman–Crippen MR) is 73.1 cm³/mol. The van der Waals surface area contributed by atoms with E-state index in [2.05, 4.69) is 22.7 Å². The van der Waals surface area contributed by atoms with Gasteiger partial charge in [-0.05, 0) is 25.5 Å². The standard InChI is InChI=1S/C13H22N4O/c1-3-4-5-7-10(2)16-13(18)11-8-6-9-15-12(11)17-14/h6,8-10H,3-5,7,14H2,1-2H3,(H,15,17)(H,16,18). The summed E-state index contributed by atoms with van der Waals surface area (Å²) in [5.74, 6) is 5.58. The van der Waals surface area contributed by atoms with Gasteiger partial charge >= 0.3 is 0 Å². The highest BCUT2D eigenvalue weighted by Gasteiger charge is 2.13. The molecule has 0 aliphatic heterocycles. The fourth-order valence-corrected chi connectivity index (χ4v) is 1.78. The molecule has 1 rings (SSSR count). The number of anilines is 1. The first-order valence-corrected chi connectivity index (χ1v) is 6.41. The van der Waals surface area contributed by atoms with E-state index >= 15 is 0 Å². The lowest BCUT2D eigenvalue weighted by molar-refractivity contribution is 0.0938. The number of hydrogen-bond acceptors (Lipinski definition) is 4. The van der Waals surface area contributed by atoms with E-state index in [4.69, 9.17) is 5.84 Å². The lowest BCUT2D eigenvalue weighted by atomic mass is 10.1. The van der Waals surface area contributed by atoms with Crippen molar-refractivity contribution < 1.29 is 4.79 Å². The molecule has 0 aromatic carbocycles. The highest BCUT2D eigenvalue weighted by Crippen LogP contribution is 2.10. The summed E-state index contributed by atoms with van der Waals surface area (Å²) in [5.41, 5.74) is 2.90. The molecule has 0 aliphatic carbocycles. The Hall–Kier alpha value is -1.62. The molecule has 1 aromatic heterocycles. The minimum absolute atomic E-state index is 0.139. The fraction of sp³-hybridized carbons (Fsp3) is 0.538. The maximum atomic E-state index is 12.0. The van der Waals surface area contributed by atoms with Gasteiger partial charge in [0, 0.05) is 12.2 Å². The van der Waals surface area contributed by atoms with Crippen LogP contribution in [0.2, 0.25) is 0 Å². The number of nitrogens with one attached hydrogen (secondary N) is 2. The van der Waals surface area contributed by atoms with Crippen LogP contribution < -0.4 is 16.6 Å². The second-order valence-electron chi connectivity index (χ2n) is 4.41. The van der Waals surface area contributed by atoms with Crippen LogP contribution in [0, 0.1) is 0 Å². The largest absolute Gasteiger partial charge is 0.349 e. The Kier molecular flexibility index (Phi) is 6.14. The van der Waals surface area contributed by atoms with E-state index in [1.54, 1.807) is 18.3 Å². The average Bonchev–Trinajstić information content (AvgIpc) is 2.39. The third-order valence-electron chi connectivity index (χ3n) is 2.81. The van der Waals surface area contributed by atoms with Gasteiger partial charge in [0.05, 0.1) is 5.56 Å². The first-order chi connectivity index (χ1) is 8.69. The summed E-state index contributed by atoms with van der Waals surface area (Å²) in [4.78, 5) is 16.0. The maximum Gasteiger partial charge on any atom is 0.255 e. The fourth-order valence-electron chi connectivity index (χ4n) is 1.78. The van der Waals surface area contributed by atoms with Crippen molar-refractivity contribution in [2.45, 2.75) is 45.6 Å². The third-order valence-corrected chi connectivity index (χ3v) is 2.81. The molecule has 1 aromatic rings. The second kappa shape index (κ2) is 7.66. The van der Waals surface area contributed by atoms with Crippen LogP contribution in [0.15, 0.2) is 18.3 Å². The third kappa shape index (κ3) is 4.33. The van der Waals surface area contributed by atoms with Crippen molar-refractivity contribution >= 4 is 11.7 Å². The molecule has 0 spiro atoms. The lowest BCUT2D eigenvalue weighted by Crippen LogP contribution is -2.33. The smallest absolute Gasteiger partial charge is 0.255 e. The molecular formula is C13H22N4O. The minimum Gasteiger partial charge on any atom is -0.349 e. The SMILES string of the molecule is CCCCCC(C)NC(=O)c1cccnc1NN. The number of hydrogen-bond donors (Lipinski definition) is 3. The van der Waals surface area contributed by atoms with Gasteiger partial charge in [0.1, 0.15) is 0 Å². The molecule has 1 amide bonds. The van der Waals surface area contributed by atoms with Crippen LogP contribution >= 0.6 is 0 Å². The molecule has 100 valence electrons. The normalized spacial score (nSPS) is 11.9. The van der Waals surface area contributed by atoms with Crippen molar-refractivity contribution in [2.24, 2.45) is 5.84 Å². The summed E-state index contributed by atoms with van der Waals surface area (Å²) in [6, 6.07) is 3.59. The van der Waals surface area contributed by atoms with Crippen molar-refractivity contribution in [1.82, 2.24) is 10.3 Å². The van der Waals surface area contributed by atoms with Crippen LogP contribution in [0.25, 0.3) is 0 Å². The second-order valence-corrected chi connectivity index (χ2v) is 4.41. The van der Waals surface area contributed by atoms with Crippen LogP contribution in [0.5, 0.6) is 0 Å². The minimum atomic E-state index is -0.139. The lowest BCUT2D eigenvalue weighted by Gasteiger charge is -2.14.